The lowest BCUT2D eigenvalue weighted by Gasteiger charge is -2.02. The van der Waals surface area contributed by atoms with Crippen molar-refractivity contribution in [3.05, 3.63) is 46.8 Å². The van der Waals surface area contributed by atoms with Crippen LogP contribution in [-0.4, -0.2) is 5.88 Å². The van der Waals surface area contributed by atoms with Crippen LogP contribution in [0.5, 0.6) is 0 Å². The van der Waals surface area contributed by atoms with Crippen molar-refractivity contribution >= 4 is 23.2 Å². The highest BCUT2D eigenvalue weighted by Crippen LogP contribution is 2.12. The Morgan fingerprint density at radius 3 is 2.43 bits per heavy atom. The SMILES string of the molecule is Fc1ccc(CC/C(=C\Cl)CCl)cc1. The van der Waals surface area contributed by atoms with E-state index >= 15 is 0 Å². The second-order valence-electron chi connectivity index (χ2n) is 3.03. The summed E-state index contributed by atoms with van der Waals surface area (Å²) in [6.45, 7) is 0. The summed E-state index contributed by atoms with van der Waals surface area (Å²) in [6.07, 6.45) is 1.66. The summed E-state index contributed by atoms with van der Waals surface area (Å²) >= 11 is 11.2. The first-order chi connectivity index (χ1) is 6.76. The van der Waals surface area contributed by atoms with Crippen LogP contribution in [0.15, 0.2) is 35.4 Å². The number of halogens is 3. The molecule has 0 aliphatic heterocycles. The van der Waals surface area contributed by atoms with Gasteiger partial charge in [-0.3, -0.25) is 0 Å². The Labute approximate surface area is 93.3 Å². The van der Waals surface area contributed by atoms with Crippen LogP contribution in [0.25, 0.3) is 0 Å². The molecule has 0 spiro atoms. The van der Waals surface area contributed by atoms with Gasteiger partial charge in [-0.25, -0.2) is 4.39 Å². The van der Waals surface area contributed by atoms with Crippen LogP contribution in [0, 0.1) is 5.82 Å². The molecule has 0 aliphatic rings. The standard InChI is InChI=1S/C11H11Cl2F/c12-7-10(8-13)2-1-9-3-5-11(14)6-4-9/h3-7H,1-2,8H2/b10-7+. The predicted octanol–water partition coefficient (Wildman–Crippen LogP) is 4.12. The number of allylic oxidation sites excluding steroid dienone is 1. The van der Waals surface area contributed by atoms with Gasteiger partial charge in [0, 0.05) is 11.4 Å². The van der Waals surface area contributed by atoms with E-state index in [2.05, 4.69) is 0 Å². The van der Waals surface area contributed by atoms with Crippen molar-refractivity contribution in [3.8, 4) is 0 Å². The minimum absolute atomic E-state index is 0.209. The van der Waals surface area contributed by atoms with Crippen LogP contribution < -0.4 is 0 Å². The van der Waals surface area contributed by atoms with Crippen LogP contribution in [0.4, 0.5) is 4.39 Å². The zero-order chi connectivity index (χ0) is 10.4. The Morgan fingerprint density at radius 1 is 1.29 bits per heavy atom. The lowest BCUT2D eigenvalue weighted by molar-refractivity contribution is 0.627. The summed E-state index contributed by atoms with van der Waals surface area (Å²) in [5, 5.41) is 0. The zero-order valence-electron chi connectivity index (χ0n) is 7.64. The first kappa shape index (κ1) is 11.5. The van der Waals surface area contributed by atoms with Gasteiger partial charge in [0.25, 0.3) is 0 Å². The van der Waals surface area contributed by atoms with Gasteiger partial charge in [0.15, 0.2) is 0 Å². The van der Waals surface area contributed by atoms with Crippen LogP contribution in [0.1, 0.15) is 12.0 Å². The van der Waals surface area contributed by atoms with Crippen molar-refractivity contribution in [1.82, 2.24) is 0 Å². The second kappa shape index (κ2) is 6.05. The largest absolute Gasteiger partial charge is 0.207 e. The number of hydrogen-bond acceptors (Lipinski definition) is 0. The fraction of sp³-hybridized carbons (Fsp3) is 0.273. The van der Waals surface area contributed by atoms with Crippen LogP contribution >= 0.6 is 23.2 Å². The lowest BCUT2D eigenvalue weighted by Crippen LogP contribution is -1.90. The average Bonchev–Trinajstić information content (AvgIpc) is 2.22. The van der Waals surface area contributed by atoms with E-state index in [0.29, 0.717) is 5.88 Å². The fourth-order valence-corrected chi connectivity index (χ4v) is 1.58. The molecule has 0 bridgehead atoms. The number of hydrogen-bond donors (Lipinski definition) is 0. The molecular formula is C11H11Cl2F. The van der Waals surface area contributed by atoms with Crippen molar-refractivity contribution in [1.29, 1.82) is 0 Å². The van der Waals surface area contributed by atoms with E-state index in [1.54, 1.807) is 12.1 Å². The monoisotopic (exact) mass is 232 g/mol. The molecule has 76 valence electrons. The molecule has 1 aromatic carbocycles. The molecule has 0 saturated carbocycles. The number of aryl methyl sites for hydroxylation is 1. The van der Waals surface area contributed by atoms with E-state index in [1.807, 2.05) is 0 Å². The molecule has 0 N–H and O–H groups in total. The molecular weight excluding hydrogens is 222 g/mol. The van der Waals surface area contributed by atoms with Gasteiger partial charge in [-0.1, -0.05) is 23.7 Å². The normalized spacial score (nSPS) is 11.8. The Kier molecular flexibility index (Phi) is 4.99. The highest BCUT2D eigenvalue weighted by Gasteiger charge is 1.97. The van der Waals surface area contributed by atoms with Gasteiger partial charge in [-0.2, -0.15) is 0 Å². The van der Waals surface area contributed by atoms with Crippen molar-refractivity contribution in [2.75, 3.05) is 5.88 Å². The van der Waals surface area contributed by atoms with E-state index in [0.717, 1.165) is 24.0 Å². The molecule has 1 aromatic rings. The maximum absolute atomic E-state index is 12.6. The first-order valence-corrected chi connectivity index (χ1v) is 5.32. The first-order valence-electron chi connectivity index (χ1n) is 4.35. The Bertz CT molecular complexity index is 304. The summed E-state index contributed by atoms with van der Waals surface area (Å²) in [5.74, 6) is 0.240. The summed E-state index contributed by atoms with van der Waals surface area (Å²) in [7, 11) is 0. The maximum atomic E-state index is 12.6. The van der Waals surface area contributed by atoms with Crippen molar-refractivity contribution in [3.63, 3.8) is 0 Å². The molecule has 1 rings (SSSR count). The minimum atomic E-state index is -0.209. The third-order valence-corrected chi connectivity index (χ3v) is 2.63. The van der Waals surface area contributed by atoms with Crippen molar-refractivity contribution in [2.24, 2.45) is 0 Å². The molecule has 0 fully saturated rings. The van der Waals surface area contributed by atoms with Gasteiger partial charge in [0.1, 0.15) is 5.82 Å². The highest BCUT2D eigenvalue weighted by molar-refractivity contribution is 6.27. The third kappa shape index (κ3) is 3.69. The summed E-state index contributed by atoms with van der Waals surface area (Å²) < 4.78 is 12.6. The molecule has 3 heteroatoms. The van der Waals surface area contributed by atoms with E-state index in [1.165, 1.54) is 17.7 Å². The molecule has 0 heterocycles. The Morgan fingerprint density at radius 2 is 1.93 bits per heavy atom. The van der Waals surface area contributed by atoms with Crippen molar-refractivity contribution < 1.29 is 4.39 Å². The summed E-state index contributed by atoms with van der Waals surface area (Å²) in [4.78, 5) is 0. The lowest BCUT2D eigenvalue weighted by atomic mass is 10.1. The van der Waals surface area contributed by atoms with Crippen LogP contribution in [0.3, 0.4) is 0 Å². The smallest absolute Gasteiger partial charge is 0.123 e. The van der Waals surface area contributed by atoms with Crippen molar-refractivity contribution in [2.45, 2.75) is 12.8 Å². The molecule has 0 unspecified atom stereocenters. The van der Waals surface area contributed by atoms with E-state index in [4.69, 9.17) is 23.2 Å². The molecule has 0 atom stereocenters. The average molecular weight is 233 g/mol. The third-order valence-electron chi connectivity index (χ3n) is 1.97. The molecule has 0 radical (unpaired) electrons. The number of alkyl halides is 1. The van der Waals surface area contributed by atoms with Gasteiger partial charge in [0.05, 0.1) is 0 Å². The topological polar surface area (TPSA) is 0 Å². The molecule has 0 aliphatic carbocycles. The fourth-order valence-electron chi connectivity index (χ4n) is 1.11. The van der Waals surface area contributed by atoms with E-state index in [9.17, 15) is 4.39 Å². The van der Waals surface area contributed by atoms with Gasteiger partial charge >= 0.3 is 0 Å². The van der Waals surface area contributed by atoms with E-state index < -0.39 is 0 Å². The van der Waals surface area contributed by atoms with Gasteiger partial charge in [0.2, 0.25) is 0 Å². The summed E-state index contributed by atoms with van der Waals surface area (Å²) in [5.41, 5.74) is 3.60. The second-order valence-corrected chi connectivity index (χ2v) is 3.51. The molecule has 0 amide bonds. The molecule has 0 saturated heterocycles. The maximum Gasteiger partial charge on any atom is 0.123 e. The predicted molar refractivity (Wildman–Crippen MR) is 59.4 cm³/mol. The van der Waals surface area contributed by atoms with Gasteiger partial charge in [-0.05, 0) is 36.1 Å². The van der Waals surface area contributed by atoms with Gasteiger partial charge in [-0.15, -0.1) is 11.6 Å². The summed E-state index contributed by atoms with van der Waals surface area (Å²) in [6, 6.07) is 6.46. The number of rotatable bonds is 4. The highest BCUT2D eigenvalue weighted by atomic mass is 35.5. The van der Waals surface area contributed by atoms with Crippen LogP contribution in [0.2, 0.25) is 0 Å². The minimum Gasteiger partial charge on any atom is -0.207 e. The van der Waals surface area contributed by atoms with Gasteiger partial charge < -0.3 is 0 Å². The molecule has 14 heavy (non-hydrogen) atoms. The molecule has 0 nitrogen and oxygen atoms in total. The Hall–Kier alpha value is -0.530. The van der Waals surface area contributed by atoms with Crippen LogP contribution in [-0.2, 0) is 6.42 Å². The quantitative estimate of drug-likeness (QED) is 0.686. The number of benzene rings is 1. The zero-order valence-corrected chi connectivity index (χ0v) is 9.15. The van der Waals surface area contributed by atoms with E-state index in [-0.39, 0.29) is 5.82 Å². The Balaban J connectivity index is 2.49. The molecule has 0 aromatic heterocycles.